The number of hydrogen-bond donors (Lipinski definition) is 0. The topological polar surface area (TPSA) is 65.3 Å². The van der Waals surface area contributed by atoms with Crippen molar-refractivity contribution in [2.24, 2.45) is 0 Å². The predicted octanol–water partition coefficient (Wildman–Crippen LogP) is 2.97. The minimum Gasteiger partial charge on any atom is -0.397 e. The van der Waals surface area contributed by atoms with Gasteiger partial charge < -0.3 is 14.9 Å². The van der Waals surface area contributed by atoms with Crippen molar-refractivity contribution in [1.82, 2.24) is 4.98 Å². The highest BCUT2D eigenvalue weighted by Gasteiger charge is 2.37. The van der Waals surface area contributed by atoms with Crippen LogP contribution in [0.3, 0.4) is 0 Å². The van der Waals surface area contributed by atoms with Crippen LogP contribution in [0.1, 0.15) is 12.0 Å². The van der Waals surface area contributed by atoms with E-state index in [4.69, 9.17) is 0 Å². The van der Waals surface area contributed by atoms with Crippen molar-refractivity contribution in [3.63, 3.8) is 0 Å². The average molecular weight is 276 g/mol. The minimum absolute atomic E-state index is 0.112. The van der Waals surface area contributed by atoms with Gasteiger partial charge in [-0.2, -0.15) is 4.39 Å². The van der Waals surface area contributed by atoms with Crippen molar-refractivity contribution in [2.75, 3.05) is 0 Å². The number of aromatic nitrogens is 1. The van der Waals surface area contributed by atoms with Crippen molar-refractivity contribution in [3.8, 4) is 5.75 Å². The highest BCUT2D eigenvalue weighted by molar-refractivity contribution is 5.42. The van der Waals surface area contributed by atoms with E-state index >= 15 is 0 Å². The number of nitrogens with zero attached hydrogens (tertiary/aromatic N) is 2. The molecule has 0 saturated heterocycles. The first-order valence-electron chi connectivity index (χ1n) is 4.00. The summed E-state index contributed by atoms with van der Waals surface area (Å²) in [6, 6.07) is -0.112. The van der Waals surface area contributed by atoms with Gasteiger partial charge in [0.2, 0.25) is 5.75 Å². The molecule has 0 aliphatic carbocycles. The van der Waals surface area contributed by atoms with Crippen LogP contribution < -0.4 is 4.74 Å². The molecule has 0 unspecified atom stereocenters. The van der Waals surface area contributed by atoms with Gasteiger partial charge in [0.25, 0.3) is 6.43 Å². The third-order valence-electron chi connectivity index (χ3n) is 1.58. The second kappa shape index (κ2) is 4.66. The zero-order chi connectivity index (χ0) is 14.1. The Morgan fingerprint density at radius 3 is 2.33 bits per heavy atom. The molecular formula is C7H2F6N2O3. The Bertz CT molecular complexity index is 475. The largest absolute Gasteiger partial charge is 0.573 e. The Balaban J connectivity index is 3.35. The fraction of sp³-hybridized carbons (Fsp3) is 0.286. The molecule has 0 aliphatic heterocycles. The third kappa shape index (κ3) is 3.21. The molecule has 1 rings (SSSR count). The van der Waals surface area contributed by atoms with E-state index in [0.717, 1.165) is 0 Å². The van der Waals surface area contributed by atoms with Crippen LogP contribution in [0.15, 0.2) is 6.07 Å². The molecular weight excluding hydrogens is 274 g/mol. The molecule has 5 nitrogen and oxygen atoms in total. The maximum absolute atomic E-state index is 12.8. The smallest absolute Gasteiger partial charge is 0.397 e. The van der Waals surface area contributed by atoms with E-state index in [2.05, 4.69) is 9.72 Å². The zero-order valence-electron chi connectivity index (χ0n) is 8.04. The van der Waals surface area contributed by atoms with E-state index < -0.39 is 40.8 Å². The fourth-order valence-electron chi connectivity index (χ4n) is 0.962. The molecule has 0 saturated carbocycles. The van der Waals surface area contributed by atoms with Crippen LogP contribution in [0.4, 0.5) is 32.2 Å². The van der Waals surface area contributed by atoms with Gasteiger partial charge in [-0.1, -0.05) is 0 Å². The lowest BCUT2D eigenvalue weighted by Gasteiger charge is -2.09. The SMILES string of the molecule is O=[N+]([O-])c1nc(F)c(C(F)F)cc1OC(F)(F)F. The van der Waals surface area contributed by atoms with Crippen LogP contribution in [-0.2, 0) is 0 Å². The van der Waals surface area contributed by atoms with Gasteiger partial charge in [0.15, 0.2) is 0 Å². The number of pyridine rings is 1. The van der Waals surface area contributed by atoms with Gasteiger partial charge in [-0.15, -0.1) is 13.2 Å². The summed E-state index contributed by atoms with van der Waals surface area (Å²) in [5.41, 5.74) is -1.53. The summed E-state index contributed by atoms with van der Waals surface area (Å²) in [7, 11) is 0. The van der Waals surface area contributed by atoms with E-state index in [1.807, 2.05) is 0 Å². The number of rotatable bonds is 3. The van der Waals surface area contributed by atoms with Gasteiger partial charge in [0, 0.05) is 6.07 Å². The van der Waals surface area contributed by atoms with Gasteiger partial charge in [-0.3, -0.25) is 0 Å². The molecule has 0 spiro atoms. The number of nitro groups is 1. The Labute approximate surface area is 94.1 Å². The molecule has 100 valence electrons. The minimum atomic E-state index is -5.36. The summed E-state index contributed by atoms with van der Waals surface area (Å²) >= 11 is 0. The van der Waals surface area contributed by atoms with Crippen molar-refractivity contribution in [1.29, 1.82) is 0 Å². The quantitative estimate of drug-likeness (QED) is 0.368. The van der Waals surface area contributed by atoms with E-state index in [1.165, 1.54) is 0 Å². The predicted molar refractivity (Wildman–Crippen MR) is 42.5 cm³/mol. The Morgan fingerprint density at radius 1 is 1.39 bits per heavy atom. The number of hydrogen-bond acceptors (Lipinski definition) is 4. The van der Waals surface area contributed by atoms with E-state index in [0.29, 0.717) is 0 Å². The van der Waals surface area contributed by atoms with Crippen LogP contribution in [0, 0.1) is 16.1 Å². The first-order valence-corrected chi connectivity index (χ1v) is 4.00. The lowest BCUT2D eigenvalue weighted by atomic mass is 10.2. The molecule has 0 atom stereocenters. The molecule has 0 N–H and O–H groups in total. The standard InChI is InChI=1S/C7H2F6N2O3/c8-4(9)2-1-3(18-7(11,12)13)6(15(16)17)14-5(2)10/h1,4H. The molecule has 0 aliphatic rings. The maximum atomic E-state index is 12.8. The van der Waals surface area contributed by atoms with Crippen LogP contribution in [-0.4, -0.2) is 16.3 Å². The van der Waals surface area contributed by atoms with Gasteiger partial charge >= 0.3 is 18.1 Å². The second-order valence-corrected chi connectivity index (χ2v) is 2.80. The van der Waals surface area contributed by atoms with Gasteiger partial charge in [-0.25, -0.2) is 8.78 Å². The van der Waals surface area contributed by atoms with Crippen LogP contribution in [0.5, 0.6) is 5.75 Å². The summed E-state index contributed by atoms with van der Waals surface area (Å²) < 4.78 is 75.9. The number of ether oxygens (including phenoxy) is 1. The second-order valence-electron chi connectivity index (χ2n) is 2.80. The Hall–Kier alpha value is -2.07. The molecule has 1 heterocycles. The number of alkyl halides is 5. The summed E-state index contributed by atoms with van der Waals surface area (Å²) in [6.45, 7) is 0. The summed E-state index contributed by atoms with van der Waals surface area (Å²) in [5, 5.41) is 10.3. The fourth-order valence-corrected chi connectivity index (χ4v) is 0.962. The number of halogens is 6. The summed E-state index contributed by atoms with van der Waals surface area (Å²) in [4.78, 5) is 11.2. The van der Waals surface area contributed by atoms with Crippen LogP contribution in [0.25, 0.3) is 0 Å². The highest BCUT2D eigenvalue weighted by atomic mass is 19.4. The van der Waals surface area contributed by atoms with Gasteiger partial charge in [0.1, 0.15) is 5.56 Å². The van der Waals surface area contributed by atoms with Crippen LogP contribution >= 0.6 is 0 Å². The Morgan fingerprint density at radius 2 is 1.94 bits per heavy atom. The van der Waals surface area contributed by atoms with E-state index in [9.17, 15) is 36.5 Å². The highest BCUT2D eigenvalue weighted by Crippen LogP contribution is 2.34. The van der Waals surface area contributed by atoms with Crippen molar-refractivity contribution in [3.05, 3.63) is 27.7 Å². The summed E-state index contributed by atoms with van der Waals surface area (Å²) in [5.74, 6) is -5.19. The lowest BCUT2D eigenvalue weighted by molar-refractivity contribution is -0.393. The molecule has 0 aromatic carbocycles. The molecule has 1 aromatic rings. The van der Waals surface area contributed by atoms with Gasteiger partial charge in [-0.05, 0) is 9.91 Å². The van der Waals surface area contributed by atoms with Crippen molar-refractivity contribution >= 4 is 5.82 Å². The lowest BCUT2D eigenvalue weighted by Crippen LogP contribution is -2.19. The zero-order valence-corrected chi connectivity index (χ0v) is 8.04. The first-order chi connectivity index (χ1) is 8.11. The molecule has 0 fully saturated rings. The normalized spacial score (nSPS) is 11.7. The monoisotopic (exact) mass is 276 g/mol. The molecule has 1 aromatic heterocycles. The molecule has 0 bridgehead atoms. The first kappa shape index (κ1) is 14.0. The third-order valence-corrected chi connectivity index (χ3v) is 1.58. The average Bonchev–Trinajstić information content (AvgIpc) is 2.17. The van der Waals surface area contributed by atoms with E-state index in [-0.39, 0.29) is 6.07 Å². The van der Waals surface area contributed by atoms with Crippen molar-refractivity contribution in [2.45, 2.75) is 12.8 Å². The molecule has 0 radical (unpaired) electrons. The van der Waals surface area contributed by atoms with Crippen LogP contribution in [0.2, 0.25) is 0 Å². The summed E-state index contributed by atoms with van der Waals surface area (Å²) in [6.07, 6.45) is -8.85. The molecule has 11 heteroatoms. The molecule has 0 amide bonds. The van der Waals surface area contributed by atoms with E-state index in [1.54, 1.807) is 0 Å². The maximum Gasteiger partial charge on any atom is 0.573 e. The molecule has 18 heavy (non-hydrogen) atoms. The van der Waals surface area contributed by atoms with Crippen molar-refractivity contribution < 1.29 is 36.0 Å². The van der Waals surface area contributed by atoms with Gasteiger partial charge in [0.05, 0.1) is 0 Å². The Kier molecular flexibility index (Phi) is 3.62.